The number of aryl methyl sites for hydroxylation is 1. The number of aromatic amines is 1. The Bertz CT molecular complexity index is 933. The predicted molar refractivity (Wildman–Crippen MR) is 111 cm³/mol. The predicted octanol–water partition coefficient (Wildman–Crippen LogP) is 4.81. The first-order chi connectivity index (χ1) is 13.2. The molecule has 2 aromatic carbocycles. The number of ether oxygens (including phenoxy) is 2. The molecule has 0 radical (unpaired) electrons. The molecule has 1 N–H and O–H groups in total. The molecule has 0 saturated heterocycles. The fraction of sp³-hybridized carbons (Fsp3) is 0.304. The molecule has 5 nitrogen and oxygen atoms in total. The van der Waals surface area contributed by atoms with E-state index in [9.17, 15) is 9.59 Å². The van der Waals surface area contributed by atoms with Gasteiger partial charge in [-0.05, 0) is 63.4 Å². The zero-order chi connectivity index (χ0) is 20.7. The summed E-state index contributed by atoms with van der Waals surface area (Å²) in [5, 5.41) is 1.26. The second kappa shape index (κ2) is 9.22. The van der Waals surface area contributed by atoms with Gasteiger partial charge < -0.3 is 14.5 Å². The van der Waals surface area contributed by atoms with E-state index < -0.39 is 0 Å². The van der Waals surface area contributed by atoms with Crippen LogP contribution in [0, 0.1) is 6.92 Å². The lowest BCUT2D eigenvalue weighted by atomic mass is 10.0. The average molecular weight is 381 g/mol. The van der Waals surface area contributed by atoms with Gasteiger partial charge in [0.05, 0.1) is 12.7 Å². The third-order valence-corrected chi connectivity index (χ3v) is 4.18. The number of hydrogen-bond acceptors (Lipinski definition) is 4. The number of fused-ring (bicyclic) bond motifs is 1. The molecule has 0 fully saturated rings. The second-order valence-electron chi connectivity index (χ2n) is 7.47. The zero-order valence-corrected chi connectivity index (χ0v) is 17.0. The van der Waals surface area contributed by atoms with Crippen LogP contribution in [0.5, 0.6) is 0 Å². The summed E-state index contributed by atoms with van der Waals surface area (Å²) in [6.45, 7) is 8.02. The smallest absolute Gasteiger partial charge is 0.337 e. The first-order valence-electron chi connectivity index (χ1n) is 9.10. The molecule has 3 rings (SSSR count). The van der Waals surface area contributed by atoms with Crippen molar-refractivity contribution >= 4 is 23.3 Å². The van der Waals surface area contributed by atoms with Crippen LogP contribution in [0.1, 0.15) is 48.0 Å². The lowest BCUT2D eigenvalue weighted by molar-refractivity contribution is -0.138. The highest BCUT2D eigenvalue weighted by molar-refractivity contribution is 5.89. The molecule has 0 aliphatic heterocycles. The lowest BCUT2D eigenvalue weighted by Crippen LogP contribution is -2.17. The topological polar surface area (TPSA) is 68.4 Å². The van der Waals surface area contributed by atoms with E-state index in [4.69, 9.17) is 4.74 Å². The second-order valence-corrected chi connectivity index (χ2v) is 7.47. The van der Waals surface area contributed by atoms with Gasteiger partial charge in [0.25, 0.3) is 6.47 Å². The maximum absolute atomic E-state index is 11.4. The Hall–Kier alpha value is -3.08. The molecule has 0 atom stereocenters. The minimum absolute atomic E-state index is 0.301. The van der Waals surface area contributed by atoms with Crippen LogP contribution >= 0.6 is 0 Å². The first-order valence-corrected chi connectivity index (χ1v) is 9.10. The molecule has 0 saturated carbocycles. The van der Waals surface area contributed by atoms with Gasteiger partial charge in [0.15, 0.2) is 0 Å². The van der Waals surface area contributed by atoms with Crippen LogP contribution in [0.15, 0.2) is 48.5 Å². The van der Waals surface area contributed by atoms with Crippen molar-refractivity contribution in [1.29, 1.82) is 0 Å². The monoisotopic (exact) mass is 381 g/mol. The number of H-pyrrole nitrogens is 1. The molecule has 1 heterocycles. The number of carbonyl (C=O) groups excluding carboxylic acids is 2. The molecular weight excluding hydrogens is 354 g/mol. The summed E-state index contributed by atoms with van der Waals surface area (Å²) >= 11 is 0. The van der Waals surface area contributed by atoms with Gasteiger partial charge in [-0.1, -0.05) is 30.3 Å². The van der Waals surface area contributed by atoms with Crippen molar-refractivity contribution in [3.8, 4) is 0 Å². The Morgan fingerprint density at radius 2 is 1.71 bits per heavy atom. The van der Waals surface area contributed by atoms with Crippen molar-refractivity contribution < 1.29 is 19.1 Å². The Morgan fingerprint density at radius 1 is 1.07 bits per heavy atom. The van der Waals surface area contributed by atoms with E-state index in [2.05, 4.69) is 34.8 Å². The molecule has 0 bridgehead atoms. The molecule has 3 aromatic rings. The molecule has 0 amide bonds. The van der Waals surface area contributed by atoms with Crippen LogP contribution in [-0.4, -0.2) is 30.1 Å². The Balaban J connectivity index is 0.000000345. The number of aromatic nitrogens is 1. The van der Waals surface area contributed by atoms with E-state index in [0.717, 1.165) is 11.9 Å². The number of para-hydroxylation sites is 1. The highest BCUT2D eigenvalue weighted by Crippen LogP contribution is 2.24. The number of rotatable bonds is 4. The zero-order valence-electron chi connectivity index (χ0n) is 17.0. The van der Waals surface area contributed by atoms with Crippen molar-refractivity contribution in [3.05, 3.63) is 70.9 Å². The van der Waals surface area contributed by atoms with Crippen molar-refractivity contribution in [2.24, 2.45) is 0 Å². The van der Waals surface area contributed by atoms with E-state index in [-0.39, 0.29) is 11.6 Å². The van der Waals surface area contributed by atoms with Gasteiger partial charge >= 0.3 is 5.97 Å². The minimum Gasteiger partial charge on any atom is -0.465 e. The molecule has 148 valence electrons. The van der Waals surface area contributed by atoms with Crippen LogP contribution in [0.3, 0.4) is 0 Å². The third-order valence-electron chi connectivity index (χ3n) is 4.18. The molecule has 0 aliphatic rings. The summed E-state index contributed by atoms with van der Waals surface area (Å²) in [7, 11) is 1.39. The summed E-state index contributed by atoms with van der Waals surface area (Å²) in [5.41, 5.74) is 5.09. The lowest BCUT2D eigenvalue weighted by Gasteiger charge is -2.14. The molecular formula is C23H27NO4. The van der Waals surface area contributed by atoms with Crippen LogP contribution in [0.25, 0.3) is 10.9 Å². The molecule has 1 aromatic heterocycles. The van der Waals surface area contributed by atoms with Crippen molar-refractivity contribution in [2.45, 2.75) is 39.7 Å². The van der Waals surface area contributed by atoms with Gasteiger partial charge in [-0.15, -0.1) is 0 Å². The van der Waals surface area contributed by atoms with Gasteiger partial charge in [0, 0.05) is 16.6 Å². The fourth-order valence-corrected chi connectivity index (χ4v) is 2.79. The van der Waals surface area contributed by atoms with Gasteiger partial charge in [-0.25, -0.2) is 4.79 Å². The number of methoxy groups -OCH3 is 1. The summed E-state index contributed by atoms with van der Waals surface area (Å²) in [6, 6.07) is 15.9. The largest absolute Gasteiger partial charge is 0.465 e. The van der Waals surface area contributed by atoms with Crippen molar-refractivity contribution in [3.63, 3.8) is 0 Å². The third kappa shape index (κ3) is 5.71. The molecule has 0 unspecified atom stereocenters. The molecule has 0 aliphatic carbocycles. The minimum atomic E-state index is -0.318. The van der Waals surface area contributed by atoms with E-state index in [1.54, 1.807) is 0 Å². The van der Waals surface area contributed by atoms with Crippen molar-refractivity contribution in [1.82, 2.24) is 4.98 Å². The Labute approximate surface area is 165 Å². The average Bonchev–Trinajstić information content (AvgIpc) is 2.97. The summed E-state index contributed by atoms with van der Waals surface area (Å²) in [5.74, 6) is -0.301. The van der Waals surface area contributed by atoms with Crippen molar-refractivity contribution in [2.75, 3.05) is 7.11 Å². The SMILES string of the molecule is CC(C)(C)OC=O.COC(=O)c1ccc(Cc2c(C)[nH]c3ccccc23)cc1. The number of carbonyl (C=O) groups is 2. The maximum Gasteiger partial charge on any atom is 0.337 e. The van der Waals surface area contributed by atoms with Gasteiger partial charge in [-0.3, -0.25) is 4.79 Å². The number of hydrogen-bond donors (Lipinski definition) is 1. The highest BCUT2D eigenvalue weighted by Gasteiger charge is 2.10. The number of nitrogens with one attached hydrogen (secondary N) is 1. The van der Waals surface area contributed by atoms with E-state index >= 15 is 0 Å². The highest BCUT2D eigenvalue weighted by atomic mass is 16.5. The van der Waals surface area contributed by atoms with Gasteiger partial charge in [0.2, 0.25) is 0 Å². The fourth-order valence-electron chi connectivity index (χ4n) is 2.79. The van der Waals surface area contributed by atoms with E-state index in [1.165, 1.54) is 29.3 Å². The number of esters is 1. The van der Waals surface area contributed by atoms with Gasteiger partial charge in [0.1, 0.15) is 5.60 Å². The van der Waals surface area contributed by atoms with Crippen LogP contribution in [-0.2, 0) is 20.7 Å². The van der Waals surface area contributed by atoms with E-state index in [0.29, 0.717) is 12.0 Å². The van der Waals surface area contributed by atoms with Crippen LogP contribution in [0.2, 0.25) is 0 Å². The summed E-state index contributed by atoms with van der Waals surface area (Å²) in [4.78, 5) is 24.5. The Morgan fingerprint density at radius 3 is 2.25 bits per heavy atom. The molecule has 28 heavy (non-hydrogen) atoms. The standard InChI is InChI=1S/C18H17NO2.C5H10O2/c1-12-16(15-5-3-4-6-17(15)19-12)11-13-7-9-14(10-8-13)18(20)21-2;1-5(2,3)7-4-6/h3-10,19H,11H2,1-2H3;4H,1-3H3. The first kappa shape index (κ1) is 21.2. The van der Waals surface area contributed by atoms with E-state index in [1.807, 2.05) is 51.1 Å². The normalized spacial score (nSPS) is 10.8. The van der Waals surface area contributed by atoms with Crippen LogP contribution < -0.4 is 0 Å². The molecule has 5 heteroatoms. The van der Waals surface area contributed by atoms with Gasteiger partial charge in [-0.2, -0.15) is 0 Å². The van der Waals surface area contributed by atoms with Crippen LogP contribution in [0.4, 0.5) is 0 Å². The maximum atomic E-state index is 11.4. The summed E-state index contributed by atoms with van der Waals surface area (Å²) in [6.07, 6.45) is 0.845. The Kier molecular flexibility index (Phi) is 6.99. The quantitative estimate of drug-likeness (QED) is 0.520. The number of benzene rings is 2. The molecule has 0 spiro atoms. The summed E-state index contributed by atoms with van der Waals surface area (Å²) < 4.78 is 9.26.